The predicted molar refractivity (Wildman–Crippen MR) is 271 cm³/mol. The molecule has 4 aliphatic heterocycles. The van der Waals surface area contributed by atoms with E-state index in [0.29, 0.717) is 0 Å². The molecule has 4 aromatic rings. The first kappa shape index (κ1) is 54.8. The Bertz CT molecular complexity index is 3400. The minimum absolute atomic E-state index is 0.0202. The Hall–Kier alpha value is -6.78. The van der Waals surface area contributed by atoms with Gasteiger partial charge in [-0.25, -0.2) is 0 Å². The summed E-state index contributed by atoms with van der Waals surface area (Å²) in [7, 11) is 2.61. The summed E-state index contributed by atoms with van der Waals surface area (Å²) in [6.07, 6.45) is -10.5. The second kappa shape index (κ2) is 20.0. The van der Waals surface area contributed by atoms with Gasteiger partial charge in [-0.2, -0.15) is 0 Å². The van der Waals surface area contributed by atoms with E-state index in [1.807, 2.05) is 9.80 Å². The molecule has 8 aliphatic rings. The van der Waals surface area contributed by atoms with E-state index >= 15 is 0 Å². The lowest BCUT2D eigenvalue weighted by atomic mass is 9.71. The first-order valence-electron chi connectivity index (χ1n) is 26.4. The zero-order valence-electron chi connectivity index (χ0n) is 44.2. The molecule has 0 spiro atoms. The van der Waals surface area contributed by atoms with Gasteiger partial charge < -0.3 is 78.7 Å². The Morgan fingerprint density at radius 3 is 1.60 bits per heavy atom. The number of hydrogen-bond acceptors (Lipinski definition) is 24. The van der Waals surface area contributed by atoms with Crippen molar-refractivity contribution in [3.63, 3.8) is 0 Å². The van der Waals surface area contributed by atoms with Crippen LogP contribution >= 0.6 is 0 Å². The Labute approximate surface area is 460 Å². The van der Waals surface area contributed by atoms with E-state index in [1.54, 1.807) is 13.8 Å². The van der Waals surface area contributed by atoms with Gasteiger partial charge in [0, 0.05) is 71.5 Å². The lowest BCUT2D eigenvalue weighted by Crippen LogP contribution is -2.61. The second-order valence-corrected chi connectivity index (χ2v) is 22.0. The van der Waals surface area contributed by atoms with Crippen molar-refractivity contribution >= 4 is 34.7 Å². The molecule has 4 aliphatic carbocycles. The number of Topliss-reactive ketones (excluding diaryl/α,β-unsaturated/α-hetero) is 2. The fourth-order valence-electron chi connectivity index (χ4n) is 13.7. The van der Waals surface area contributed by atoms with Crippen LogP contribution in [-0.4, -0.2) is 200 Å². The van der Waals surface area contributed by atoms with Crippen LogP contribution in [0.25, 0.3) is 0 Å². The molecule has 4 aromatic carbocycles. The van der Waals surface area contributed by atoms with Crippen molar-refractivity contribution in [2.45, 2.75) is 118 Å². The summed E-state index contributed by atoms with van der Waals surface area (Å²) in [5.74, 6) is -8.29. The number of aliphatic hydroxyl groups excluding tert-OH is 2. The standard InChI is InChI=1S/C57H58N2O22/c1-22-55-45(33(18-76-22)80-31-14-56(72,34(62)16-60)12-26-39(31)52(70)43-41(48(26)66)46(64)24-7-5-9-29(74-3)37(24)50(43)68)59-19-58(20-78-55)28-11-36(79-23(2)54(28)77-21-59)81-32-15-57(73,35(63)17-61)13-27-40(32)53(71)44-42(49(27)67)47(65)25-8-6-10-30(75-4)38(25)51(44)69/h5-10,22-23,28,31-33,36,45,54-55,60-61,66-67,70-73H,11-21H2,1-4H3/t22-,23-,28?,31-,32-,33-,36-,45?,54?,55?,56-,57-/m0/s1. The van der Waals surface area contributed by atoms with Crippen molar-refractivity contribution in [3.8, 4) is 34.5 Å². The number of ether oxygens (including phenoxy) is 8. The van der Waals surface area contributed by atoms with Crippen LogP contribution in [0.15, 0.2) is 36.4 Å². The van der Waals surface area contributed by atoms with Crippen LogP contribution in [-0.2, 0) is 50.9 Å². The summed E-state index contributed by atoms with van der Waals surface area (Å²) in [5, 5.41) is 92.4. The zero-order valence-corrected chi connectivity index (χ0v) is 44.2. The Balaban J connectivity index is 0.857. The van der Waals surface area contributed by atoms with E-state index < -0.39 is 191 Å². The number of phenolic OH excluding ortho intramolecular Hbond substituents is 4. The number of ketones is 6. The van der Waals surface area contributed by atoms with Crippen molar-refractivity contribution in [3.05, 3.63) is 103 Å². The monoisotopic (exact) mass is 1120 g/mol. The van der Waals surface area contributed by atoms with Gasteiger partial charge in [0.2, 0.25) is 11.6 Å². The highest BCUT2D eigenvalue weighted by Gasteiger charge is 2.56. The summed E-state index contributed by atoms with van der Waals surface area (Å²) in [5.41, 5.74) is -8.31. The SMILES string of the molecule is COc1cccc2c1C(=O)c1c(O)c3c(c(O)c1C2=O)C[C@@](O)(C(=O)CO)C[C@@H]3O[C@H]1CC2C(OCN3CN2COC2C3[C@@H](O[C@H]3C[C@](O)(C(=O)CO)Cc4c(O)c5c(c(O)c43)C(=O)c3c(OC)cccc3C5=O)CO[C@H]2C)[C@H](C)O1. The van der Waals surface area contributed by atoms with Crippen molar-refractivity contribution in [1.82, 2.24) is 9.80 Å². The van der Waals surface area contributed by atoms with E-state index in [2.05, 4.69) is 0 Å². The van der Waals surface area contributed by atoms with Crippen LogP contribution in [0.5, 0.6) is 34.5 Å². The number of phenols is 4. The molecule has 0 aromatic heterocycles. The number of hydrogen-bond donors (Lipinski definition) is 8. The number of benzene rings is 4. The summed E-state index contributed by atoms with van der Waals surface area (Å²) in [6, 6.07) is 7.31. The third-order valence-corrected chi connectivity index (χ3v) is 17.6. The van der Waals surface area contributed by atoms with Gasteiger partial charge in [-0.1, -0.05) is 24.3 Å². The summed E-state index contributed by atoms with van der Waals surface area (Å²) in [6.45, 7) is 1.22. The molecule has 428 valence electrons. The third kappa shape index (κ3) is 8.25. The van der Waals surface area contributed by atoms with Crippen molar-refractivity contribution in [1.29, 1.82) is 0 Å². The smallest absolute Gasteiger partial charge is 0.202 e. The molecule has 0 saturated carbocycles. The van der Waals surface area contributed by atoms with Gasteiger partial charge >= 0.3 is 0 Å². The van der Waals surface area contributed by atoms with Gasteiger partial charge in [0.25, 0.3) is 0 Å². The first-order chi connectivity index (χ1) is 38.7. The summed E-state index contributed by atoms with van der Waals surface area (Å²) in [4.78, 5) is 87.5. The number of fused-ring (bicyclic) bond motifs is 12. The highest BCUT2D eigenvalue weighted by molar-refractivity contribution is 6.32. The van der Waals surface area contributed by atoms with Gasteiger partial charge in [-0.05, 0) is 26.0 Å². The molecule has 6 unspecified atom stereocenters. The van der Waals surface area contributed by atoms with Gasteiger partial charge in [0.05, 0.1) is 97.4 Å². The molecule has 4 heterocycles. The minimum Gasteiger partial charge on any atom is -0.507 e. The number of aromatic hydroxyl groups is 4. The van der Waals surface area contributed by atoms with Gasteiger partial charge in [0.1, 0.15) is 84.6 Å². The fourth-order valence-corrected chi connectivity index (χ4v) is 13.7. The maximum atomic E-state index is 14.4. The maximum Gasteiger partial charge on any atom is 0.202 e. The largest absolute Gasteiger partial charge is 0.507 e. The third-order valence-electron chi connectivity index (χ3n) is 17.6. The Kier molecular flexibility index (Phi) is 13.5. The molecule has 4 saturated heterocycles. The zero-order chi connectivity index (χ0) is 57.5. The van der Waals surface area contributed by atoms with Crippen molar-refractivity contribution < 1.29 is 108 Å². The van der Waals surface area contributed by atoms with Crippen molar-refractivity contribution in [2.24, 2.45) is 0 Å². The molecule has 81 heavy (non-hydrogen) atoms. The molecular weight excluding hydrogens is 1060 g/mol. The molecule has 24 heteroatoms. The normalized spacial score (nSPS) is 32.7. The Morgan fingerprint density at radius 2 is 1.10 bits per heavy atom. The molecule has 24 nitrogen and oxygen atoms in total. The number of carbonyl (C=O) groups is 6. The van der Waals surface area contributed by atoms with Crippen LogP contribution in [0, 0.1) is 0 Å². The maximum absolute atomic E-state index is 14.4. The number of nitrogens with zero attached hydrogens (tertiary/aromatic N) is 2. The van der Waals surface area contributed by atoms with E-state index in [1.165, 1.54) is 50.6 Å². The van der Waals surface area contributed by atoms with Gasteiger partial charge in [-0.3, -0.25) is 38.6 Å². The predicted octanol–water partition coefficient (Wildman–Crippen LogP) is 1.30. The quantitative estimate of drug-likeness (QED) is 0.0896. The van der Waals surface area contributed by atoms with Gasteiger partial charge in [0.15, 0.2) is 29.4 Å². The molecule has 2 bridgehead atoms. The highest BCUT2D eigenvalue weighted by atomic mass is 16.7. The molecule has 0 radical (unpaired) electrons. The second-order valence-electron chi connectivity index (χ2n) is 22.0. The topological polar surface area (TPSA) is 345 Å². The molecule has 8 N–H and O–H groups in total. The van der Waals surface area contributed by atoms with E-state index in [4.69, 9.17) is 37.9 Å². The molecule has 14 atom stereocenters. The number of aliphatic hydroxyl groups is 4. The van der Waals surface area contributed by atoms with E-state index in [0.717, 1.165) is 0 Å². The molecular formula is C57H58N2O22. The molecule has 12 rings (SSSR count). The first-order valence-corrected chi connectivity index (χ1v) is 26.4. The van der Waals surface area contributed by atoms with Crippen LogP contribution < -0.4 is 9.47 Å². The van der Waals surface area contributed by atoms with Crippen LogP contribution in [0.4, 0.5) is 0 Å². The highest BCUT2D eigenvalue weighted by Crippen LogP contribution is 2.55. The van der Waals surface area contributed by atoms with E-state index in [9.17, 15) is 69.6 Å². The molecule has 4 fully saturated rings. The average molecular weight is 1120 g/mol. The lowest BCUT2D eigenvalue weighted by Gasteiger charge is -2.47. The van der Waals surface area contributed by atoms with Crippen molar-refractivity contribution in [2.75, 3.05) is 54.2 Å². The van der Waals surface area contributed by atoms with E-state index in [-0.39, 0.29) is 89.2 Å². The van der Waals surface area contributed by atoms with Crippen LogP contribution in [0.2, 0.25) is 0 Å². The number of carbonyl (C=O) groups excluding carboxylic acids is 6. The Morgan fingerprint density at radius 1 is 0.617 bits per heavy atom. The fraction of sp³-hybridized carbons (Fsp3) is 0.474. The summed E-state index contributed by atoms with van der Waals surface area (Å²) < 4.78 is 50.4. The van der Waals surface area contributed by atoms with Gasteiger partial charge in [-0.15, -0.1) is 0 Å². The summed E-state index contributed by atoms with van der Waals surface area (Å²) >= 11 is 0. The average Bonchev–Trinajstić information content (AvgIpc) is 3.87. The minimum atomic E-state index is -2.40. The lowest BCUT2D eigenvalue weighted by molar-refractivity contribution is -0.271. The number of rotatable bonds is 10. The molecule has 0 amide bonds. The van der Waals surface area contributed by atoms with Crippen LogP contribution in [0.1, 0.15) is 131 Å². The van der Waals surface area contributed by atoms with Crippen LogP contribution in [0.3, 0.4) is 0 Å². The number of methoxy groups -OCH3 is 2.